The van der Waals surface area contributed by atoms with Gasteiger partial charge in [-0.3, -0.25) is 0 Å². The second kappa shape index (κ2) is 3.82. The number of nitrogen functional groups attached to an aromatic ring is 1. The molecule has 0 spiro atoms. The van der Waals surface area contributed by atoms with E-state index in [1.807, 2.05) is 31.2 Å². The number of rotatable bonds is 1. The van der Waals surface area contributed by atoms with Crippen LogP contribution < -0.4 is 5.73 Å². The van der Waals surface area contributed by atoms with E-state index in [0.717, 1.165) is 22.4 Å². The number of aromatic nitrogens is 2. The van der Waals surface area contributed by atoms with Crippen LogP contribution in [0.2, 0.25) is 0 Å². The van der Waals surface area contributed by atoms with Crippen molar-refractivity contribution in [2.75, 3.05) is 5.73 Å². The summed E-state index contributed by atoms with van der Waals surface area (Å²) in [5.41, 5.74) is 9.94. The van der Waals surface area contributed by atoms with Gasteiger partial charge in [-0.15, -0.1) is 0 Å². The number of benzene rings is 1. The minimum absolute atomic E-state index is 0.523. The lowest BCUT2D eigenvalue weighted by molar-refractivity contribution is 0.133. The molecular weight excluding hydrogens is 214 g/mol. The molecule has 1 aliphatic heterocycles. The van der Waals surface area contributed by atoms with Crippen LogP contribution in [-0.4, -0.2) is 9.97 Å². The molecular formula is C13H13N3O. The first-order chi connectivity index (χ1) is 8.25. The number of anilines is 1. The smallest absolute Gasteiger partial charge is 0.162 e. The van der Waals surface area contributed by atoms with E-state index in [1.54, 1.807) is 0 Å². The van der Waals surface area contributed by atoms with Crippen LogP contribution in [0, 0.1) is 6.92 Å². The monoisotopic (exact) mass is 227 g/mol. The largest absolute Gasteiger partial charge is 0.383 e. The minimum atomic E-state index is 0.523. The van der Waals surface area contributed by atoms with Crippen molar-refractivity contribution in [2.45, 2.75) is 20.1 Å². The highest BCUT2D eigenvalue weighted by Gasteiger charge is 2.19. The number of aryl methyl sites for hydroxylation is 1. The molecule has 2 aromatic rings. The highest BCUT2D eigenvalue weighted by atomic mass is 16.5. The molecule has 2 N–H and O–H groups in total. The number of nitrogens with zero attached hydrogens (tertiary/aromatic N) is 2. The van der Waals surface area contributed by atoms with E-state index in [1.165, 1.54) is 0 Å². The molecule has 0 atom stereocenters. The quantitative estimate of drug-likeness (QED) is 0.810. The Morgan fingerprint density at radius 2 is 2.00 bits per heavy atom. The Morgan fingerprint density at radius 1 is 1.18 bits per heavy atom. The fraction of sp³-hybridized carbons (Fsp3) is 0.231. The van der Waals surface area contributed by atoms with Gasteiger partial charge < -0.3 is 10.5 Å². The van der Waals surface area contributed by atoms with Gasteiger partial charge in [0, 0.05) is 11.1 Å². The van der Waals surface area contributed by atoms with Crippen molar-refractivity contribution in [1.29, 1.82) is 0 Å². The van der Waals surface area contributed by atoms with Crippen molar-refractivity contribution in [3.05, 3.63) is 41.1 Å². The molecule has 86 valence electrons. The average Bonchev–Trinajstić information content (AvgIpc) is 2.78. The number of ether oxygens (including phenoxy) is 1. The summed E-state index contributed by atoms with van der Waals surface area (Å²) in [6.07, 6.45) is 0. The van der Waals surface area contributed by atoms with E-state index in [9.17, 15) is 0 Å². The molecule has 1 aromatic carbocycles. The number of hydrogen-bond acceptors (Lipinski definition) is 4. The summed E-state index contributed by atoms with van der Waals surface area (Å²) in [5.74, 6) is 1.22. The summed E-state index contributed by atoms with van der Waals surface area (Å²) in [7, 11) is 0. The van der Waals surface area contributed by atoms with Crippen LogP contribution in [0.15, 0.2) is 24.3 Å². The lowest BCUT2D eigenvalue weighted by Gasteiger charge is -2.07. The van der Waals surface area contributed by atoms with Crippen molar-refractivity contribution < 1.29 is 4.74 Å². The molecule has 4 heteroatoms. The number of nitrogens with two attached hydrogens (primary N) is 1. The molecule has 4 nitrogen and oxygen atoms in total. The molecule has 2 heterocycles. The zero-order chi connectivity index (χ0) is 11.8. The predicted molar refractivity (Wildman–Crippen MR) is 65.1 cm³/mol. The number of hydrogen-bond donors (Lipinski definition) is 1. The Morgan fingerprint density at radius 3 is 2.82 bits per heavy atom. The van der Waals surface area contributed by atoms with Crippen LogP contribution in [-0.2, 0) is 18.0 Å². The van der Waals surface area contributed by atoms with Gasteiger partial charge in [-0.1, -0.05) is 24.3 Å². The van der Waals surface area contributed by atoms with Crippen LogP contribution in [0.4, 0.5) is 5.82 Å². The Balaban J connectivity index is 2.17. The topological polar surface area (TPSA) is 61.0 Å². The fourth-order valence-corrected chi connectivity index (χ4v) is 2.02. The van der Waals surface area contributed by atoms with Crippen molar-refractivity contribution >= 4 is 5.82 Å². The summed E-state index contributed by atoms with van der Waals surface area (Å²) in [5, 5.41) is 0. The van der Waals surface area contributed by atoms with Crippen LogP contribution in [0.25, 0.3) is 11.4 Å². The molecule has 0 bridgehead atoms. The van der Waals surface area contributed by atoms with Crippen molar-refractivity contribution in [3.63, 3.8) is 0 Å². The molecule has 0 aliphatic carbocycles. The molecule has 0 saturated carbocycles. The van der Waals surface area contributed by atoms with E-state index in [0.29, 0.717) is 24.9 Å². The maximum atomic E-state index is 5.93. The summed E-state index contributed by atoms with van der Waals surface area (Å²) in [6.45, 7) is 3.09. The molecule has 3 rings (SSSR count). The normalized spacial score (nSPS) is 13.7. The second-order valence-electron chi connectivity index (χ2n) is 4.17. The van der Waals surface area contributed by atoms with Crippen LogP contribution in [0.1, 0.15) is 16.8 Å². The Labute approximate surface area is 99.5 Å². The average molecular weight is 227 g/mol. The highest BCUT2D eigenvalue weighted by molar-refractivity contribution is 5.62. The Kier molecular flexibility index (Phi) is 2.30. The van der Waals surface area contributed by atoms with Gasteiger partial charge in [0.1, 0.15) is 5.82 Å². The number of fused-ring (bicyclic) bond motifs is 1. The molecule has 0 unspecified atom stereocenters. The van der Waals surface area contributed by atoms with Gasteiger partial charge in [0.15, 0.2) is 5.82 Å². The summed E-state index contributed by atoms with van der Waals surface area (Å²) in [4.78, 5) is 8.89. The van der Waals surface area contributed by atoms with E-state index < -0.39 is 0 Å². The summed E-state index contributed by atoms with van der Waals surface area (Å²) in [6, 6.07) is 8.02. The van der Waals surface area contributed by atoms with E-state index in [-0.39, 0.29) is 0 Å². The Bertz CT molecular complexity index is 581. The van der Waals surface area contributed by atoms with Crippen molar-refractivity contribution in [1.82, 2.24) is 9.97 Å². The van der Waals surface area contributed by atoms with Crippen LogP contribution in [0.5, 0.6) is 0 Å². The maximum absolute atomic E-state index is 5.93. The molecule has 0 radical (unpaired) electrons. The van der Waals surface area contributed by atoms with Crippen molar-refractivity contribution in [3.8, 4) is 11.4 Å². The zero-order valence-corrected chi connectivity index (χ0v) is 9.60. The SMILES string of the molecule is Cc1ccccc1-c1nc(N)c2c(n1)COC2. The van der Waals surface area contributed by atoms with Gasteiger partial charge in [-0.25, -0.2) is 9.97 Å². The molecule has 1 aromatic heterocycles. The third-order valence-electron chi connectivity index (χ3n) is 3.00. The standard InChI is InChI=1S/C13H13N3O/c1-8-4-2-3-5-9(8)13-15-11-7-17-6-10(11)12(14)16-13/h2-5H,6-7H2,1H3,(H2,14,15,16). The third-order valence-corrected chi connectivity index (χ3v) is 3.00. The summed E-state index contributed by atoms with van der Waals surface area (Å²) < 4.78 is 5.33. The first kappa shape index (κ1) is 10.2. The first-order valence-electron chi connectivity index (χ1n) is 5.54. The first-order valence-corrected chi connectivity index (χ1v) is 5.54. The second-order valence-corrected chi connectivity index (χ2v) is 4.17. The molecule has 17 heavy (non-hydrogen) atoms. The molecule has 0 amide bonds. The summed E-state index contributed by atoms with van der Waals surface area (Å²) >= 11 is 0. The minimum Gasteiger partial charge on any atom is -0.383 e. The lowest BCUT2D eigenvalue weighted by Crippen LogP contribution is -2.03. The Hall–Kier alpha value is -1.94. The van der Waals surface area contributed by atoms with Gasteiger partial charge >= 0.3 is 0 Å². The zero-order valence-electron chi connectivity index (χ0n) is 9.60. The third kappa shape index (κ3) is 1.66. The van der Waals surface area contributed by atoms with Gasteiger partial charge in [0.2, 0.25) is 0 Å². The van der Waals surface area contributed by atoms with E-state index >= 15 is 0 Å². The van der Waals surface area contributed by atoms with Gasteiger partial charge in [0.05, 0.1) is 18.9 Å². The van der Waals surface area contributed by atoms with Crippen molar-refractivity contribution in [2.24, 2.45) is 0 Å². The van der Waals surface area contributed by atoms with Crippen LogP contribution >= 0.6 is 0 Å². The maximum Gasteiger partial charge on any atom is 0.162 e. The molecule has 1 aliphatic rings. The lowest BCUT2D eigenvalue weighted by atomic mass is 10.1. The highest BCUT2D eigenvalue weighted by Crippen LogP contribution is 2.27. The predicted octanol–water partition coefficient (Wildman–Crippen LogP) is 2.06. The molecule has 0 fully saturated rings. The molecule has 0 saturated heterocycles. The van der Waals surface area contributed by atoms with E-state index in [2.05, 4.69) is 9.97 Å². The van der Waals surface area contributed by atoms with E-state index in [4.69, 9.17) is 10.5 Å². The van der Waals surface area contributed by atoms with Gasteiger partial charge in [0.25, 0.3) is 0 Å². The fourth-order valence-electron chi connectivity index (χ4n) is 2.02. The van der Waals surface area contributed by atoms with Crippen LogP contribution in [0.3, 0.4) is 0 Å². The van der Waals surface area contributed by atoms with Gasteiger partial charge in [-0.2, -0.15) is 0 Å². The van der Waals surface area contributed by atoms with Gasteiger partial charge in [-0.05, 0) is 12.5 Å².